The maximum Gasteiger partial charge on any atom is 0.251 e. The average molecular weight is 270 g/mol. The molecule has 2 N–H and O–H groups in total. The second-order valence-electron chi connectivity index (χ2n) is 4.84. The number of H-pyrrole nitrogens is 1. The predicted molar refractivity (Wildman–Crippen MR) is 78.8 cm³/mol. The lowest BCUT2D eigenvalue weighted by atomic mass is 10.1. The highest BCUT2D eigenvalue weighted by molar-refractivity contribution is 5.94. The zero-order valence-electron chi connectivity index (χ0n) is 11.4. The minimum Gasteiger partial charge on any atom is -0.350 e. The highest BCUT2D eigenvalue weighted by atomic mass is 16.2. The summed E-state index contributed by atoms with van der Waals surface area (Å²) in [6, 6.07) is 13.1. The van der Waals surface area contributed by atoms with Crippen LogP contribution in [0.1, 0.15) is 29.3 Å². The minimum absolute atomic E-state index is 0.0574. The number of pyridine rings is 1. The van der Waals surface area contributed by atoms with E-state index in [0.717, 1.165) is 12.8 Å². The fraction of sp³-hybridized carbons (Fsp3) is 0.250. The quantitative estimate of drug-likeness (QED) is 0.874. The minimum atomic E-state index is -0.269. The van der Waals surface area contributed by atoms with Crippen molar-refractivity contribution in [1.29, 1.82) is 0 Å². The van der Waals surface area contributed by atoms with Gasteiger partial charge < -0.3 is 10.3 Å². The van der Waals surface area contributed by atoms with E-state index in [-0.39, 0.29) is 17.5 Å². The highest BCUT2D eigenvalue weighted by Crippen LogP contribution is 2.05. The van der Waals surface area contributed by atoms with Gasteiger partial charge in [0, 0.05) is 23.9 Å². The van der Waals surface area contributed by atoms with Crippen molar-refractivity contribution in [2.24, 2.45) is 0 Å². The molecule has 0 saturated carbocycles. The Bertz CT molecular complexity index is 620. The molecule has 1 unspecified atom stereocenters. The lowest BCUT2D eigenvalue weighted by Gasteiger charge is -2.13. The number of aryl methyl sites for hydroxylation is 1. The smallest absolute Gasteiger partial charge is 0.251 e. The van der Waals surface area contributed by atoms with Crippen LogP contribution in [0.5, 0.6) is 0 Å². The summed E-state index contributed by atoms with van der Waals surface area (Å²) in [7, 11) is 0. The molecule has 4 heteroatoms. The van der Waals surface area contributed by atoms with E-state index in [2.05, 4.69) is 22.4 Å². The number of benzene rings is 1. The summed E-state index contributed by atoms with van der Waals surface area (Å²) in [6.07, 6.45) is 3.25. The summed E-state index contributed by atoms with van der Waals surface area (Å²) in [6.45, 7) is 1.97. The summed E-state index contributed by atoms with van der Waals surface area (Å²) < 4.78 is 0. The van der Waals surface area contributed by atoms with E-state index in [1.807, 2.05) is 25.1 Å². The van der Waals surface area contributed by atoms with Gasteiger partial charge >= 0.3 is 0 Å². The van der Waals surface area contributed by atoms with Crippen molar-refractivity contribution in [3.8, 4) is 0 Å². The van der Waals surface area contributed by atoms with Crippen molar-refractivity contribution in [3.05, 3.63) is 70.1 Å². The number of aromatic amines is 1. The number of hydrogen-bond donors (Lipinski definition) is 2. The van der Waals surface area contributed by atoms with Crippen LogP contribution in [0.4, 0.5) is 0 Å². The molecule has 1 amide bonds. The molecule has 0 spiro atoms. The van der Waals surface area contributed by atoms with Crippen LogP contribution in [-0.4, -0.2) is 16.9 Å². The lowest BCUT2D eigenvalue weighted by Crippen LogP contribution is -2.33. The van der Waals surface area contributed by atoms with Gasteiger partial charge in [0.1, 0.15) is 0 Å². The molecule has 1 atom stereocenters. The van der Waals surface area contributed by atoms with Crippen LogP contribution < -0.4 is 10.9 Å². The molecule has 2 aromatic rings. The SMILES string of the molecule is CC(CCc1ccccc1)NC(=O)c1cc[nH]c(=O)c1. The van der Waals surface area contributed by atoms with Crippen LogP contribution in [0.25, 0.3) is 0 Å². The Hall–Kier alpha value is -2.36. The molecule has 20 heavy (non-hydrogen) atoms. The highest BCUT2D eigenvalue weighted by Gasteiger charge is 2.10. The number of carbonyl (C=O) groups is 1. The average Bonchev–Trinajstić information content (AvgIpc) is 2.46. The zero-order chi connectivity index (χ0) is 14.4. The molecule has 0 fully saturated rings. The Kier molecular flexibility index (Phi) is 4.71. The summed E-state index contributed by atoms with van der Waals surface area (Å²) in [5.41, 5.74) is 1.37. The normalized spacial score (nSPS) is 11.8. The van der Waals surface area contributed by atoms with Crippen LogP contribution in [0.2, 0.25) is 0 Å². The van der Waals surface area contributed by atoms with E-state index in [1.54, 1.807) is 6.07 Å². The fourth-order valence-corrected chi connectivity index (χ4v) is 1.99. The largest absolute Gasteiger partial charge is 0.350 e. The van der Waals surface area contributed by atoms with Gasteiger partial charge in [-0.25, -0.2) is 0 Å². The third-order valence-electron chi connectivity index (χ3n) is 3.12. The molecule has 1 aromatic heterocycles. The molecule has 1 aromatic carbocycles. The van der Waals surface area contributed by atoms with Crippen LogP contribution in [0.15, 0.2) is 53.5 Å². The van der Waals surface area contributed by atoms with Gasteiger partial charge in [0.15, 0.2) is 0 Å². The summed E-state index contributed by atoms with van der Waals surface area (Å²) in [5, 5.41) is 2.90. The molecule has 0 radical (unpaired) electrons. The van der Waals surface area contributed by atoms with Crippen LogP contribution in [0, 0.1) is 0 Å². The lowest BCUT2D eigenvalue weighted by molar-refractivity contribution is 0.0938. The Morgan fingerprint density at radius 2 is 2.00 bits per heavy atom. The van der Waals surface area contributed by atoms with Crippen molar-refractivity contribution in [1.82, 2.24) is 10.3 Å². The second-order valence-corrected chi connectivity index (χ2v) is 4.84. The standard InChI is InChI=1S/C16H18N2O2/c1-12(7-8-13-5-3-2-4-6-13)18-16(20)14-9-10-17-15(19)11-14/h2-6,9-12H,7-8H2,1H3,(H,17,19)(H,18,20). The van der Waals surface area contributed by atoms with Gasteiger partial charge in [-0.2, -0.15) is 0 Å². The summed E-state index contributed by atoms with van der Waals surface area (Å²) in [4.78, 5) is 25.6. The number of carbonyl (C=O) groups excluding carboxylic acids is 1. The summed E-state index contributed by atoms with van der Waals surface area (Å²) in [5.74, 6) is -0.211. The van der Waals surface area contributed by atoms with E-state index < -0.39 is 0 Å². The van der Waals surface area contributed by atoms with Gasteiger partial charge in [0.25, 0.3) is 5.91 Å². The maximum atomic E-state index is 12.0. The van der Waals surface area contributed by atoms with Gasteiger partial charge in [-0.15, -0.1) is 0 Å². The molecule has 2 rings (SSSR count). The molecule has 0 bridgehead atoms. The van der Waals surface area contributed by atoms with E-state index in [9.17, 15) is 9.59 Å². The van der Waals surface area contributed by atoms with E-state index in [1.165, 1.54) is 17.8 Å². The molecular formula is C16H18N2O2. The second kappa shape index (κ2) is 6.70. The molecule has 0 aliphatic carbocycles. The van der Waals surface area contributed by atoms with E-state index >= 15 is 0 Å². The molecule has 0 aliphatic heterocycles. The van der Waals surface area contributed by atoms with Crippen LogP contribution >= 0.6 is 0 Å². The first-order valence-electron chi connectivity index (χ1n) is 6.68. The van der Waals surface area contributed by atoms with E-state index in [0.29, 0.717) is 5.56 Å². The topological polar surface area (TPSA) is 62.0 Å². The molecular weight excluding hydrogens is 252 g/mol. The third-order valence-corrected chi connectivity index (χ3v) is 3.12. The van der Waals surface area contributed by atoms with Gasteiger partial charge in [0.2, 0.25) is 5.56 Å². The Balaban J connectivity index is 1.87. The van der Waals surface area contributed by atoms with Crippen molar-refractivity contribution in [3.63, 3.8) is 0 Å². The number of aromatic nitrogens is 1. The number of hydrogen-bond acceptors (Lipinski definition) is 2. The molecule has 4 nitrogen and oxygen atoms in total. The van der Waals surface area contributed by atoms with Crippen molar-refractivity contribution in [2.45, 2.75) is 25.8 Å². The van der Waals surface area contributed by atoms with Gasteiger partial charge in [-0.3, -0.25) is 9.59 Å². The molecule has 0 saturated heterocycles. The Morgan fingerprint density at radius 3 is 2.70 bits per heavy atom. The maximum absolute atomic E-state index is 12.0. The zero-order valence-corrected chi connectivity index (χ0v) is 11.4. The Labute approximate surface area is 117 Å². The van der Waals surface area contributed by atoms with Crippen LogP contribution in [0.3, 0.4) is 0 Å². The van der Waals surface area contributed by atoms with E-state index in [4.69, 9.17) is 0 Å². The number of rotatable bonds is 5. The monoisotopic (exact) mass is 270 g/mol. The number of amides is 1. The van der Waals surface area contributed by atoms with Crippen molar-refractivity contribution >= 4 is 5.91 Å². The first-order valence-corrected chi connectivity index (χ1v) is 6.68. The summed E-state index contributed by atoms with van der Waals surface area (Å²) >= 11 is 0. The molecule has 0 aliphatic rings. The number of nitrogens with one attached hydrogen (secondary N) is 2. The first-order chi connectivity index (χ1) is 9.65. The van der Waals surface area contributed by atoms with Gasteiger partial charge in [-0.05, 0) is 31.4 Å². The first kappa shape index (κ1) is 14.1. The van der Waals surface area contributed by atoms with Crippen molar-refractivity contribution < 1.29 is 4.79 Å². The van der Waals surface area contributed by atoms with Gasteiger partial charge in [-0.1, -0.05) is 30.3 Å². The predicted octanol–water partition coefficient (Wildman–Crippen LogP) is 2.13. The third kappa shape index (κ3) is 4.09. The molecule has 104 valence electrons. The van der Waals surface area contributed by atoms with Gasteiger partial charge in [0.05, 0.1) is 0 Å². The van der Waals surface area contributed by atoms with Crippen LogP contribution in [-0.2, 0) is 6.42 Å². The Morgan fingerprint density at radius 1 is 1.25 bits per heavy atom. The molecule has 1 heterocycles. The van der Waals surface area contributed by atoms with Crippen molar-refractivity contribution in [2.75, 3.05) is 0 Å². The fourth-order valence-electron chi connectivity index (χ4n) is 1.99.